The van der Waals surface area contributed by atoms with Gasteiger partial charge in [0.25, 0.3) is 0 Å². The largest absolute Gasteiger partial charge is 0.338 e. The maximum absolute atomic E-state index is 12.7. The molecule has 0 radical (unpaired) electrons. The third kappa shape index (κ3) is 5.29. The molecule has 0 aliphatic carbocycles. The Kier molecular flexibility index (Phi) is 6.48. The zero-order valence-electron chi connectivity index (χ0n) is 15.2. The van der Waals surface area contributed by atoms with Gasteiger partial charge in [0.05, 0.1) is 23.8 Å². The van der Waals surface area contributed by atoms with Crippen LogP contribution in [0, 0.1) is 0 Å². The number of carbonyl (C=O) groups excluding carboxylic acids is 1. The Bertz CT molecular complexity index is 870. The molecule has 1 aliphatic rings. The first-order valence-electron chi connectivity index (χ1n) is 8.91. The third-order valence-corrected chi connectivity index (χ3v) is 7.13. The van der Waals surface area contributed by atoms with E-state index in [-0.39, 0.29) is 29.2 Å². The van der Waals surface area contributed by atoms with E-state index in [1.54, 1.807) is 9.58 Å². The normalized spacial score (nSPS) is 18.5. The van der Waals surface area contributed by atoms with Gasteiger partial charge in [0.15, 0.2) is 9.84 Å². The average molecular weight is 410 g/mol. The lowest BCUT2D eigenvalue weighted by molar-refractivity contribution is -0.130. The van der Waals surface area contributed by atoms with Crippen LogP contribution in [0.4, 0.5) is 0 Å². The molecule has 1 atom stereocenters. The van der Waals surface area contributed by atoms with Crippen LogP contribution in [0.3, 0.4) is 0 Å². The van der Waals surface area contributed by atoms with Crippen LogP contribution >= 0.6 is 11.8 Å². The van der Waals surface area contributed by atoms with E-state index in [0.29, 0.717) is 24.7 Å². The second-order valence-electron chi connectivity index (χ2n) is 6.54. The number of rotatable bonds is 8. The molecule has 8 nitrogen and oxygen atoms in total. The highest BCUT2D eigenvalue weighted by Gasteiger charge is 2.34. The van der Waals surface area contributed by atoms with Gasteiger partial charge in [-0.3, -0.25) is 4.79 Å². The van der Waals surface area contributed by atoms with Crippen LogP contribution in [0.1, 0.15) is 25.3 Å². The van der Waals surface area contributed by atoms with Crippen molar-refractivity contribution in [2.24, 2.45) is 0 Å². The highest BCUT2D eigenvalue weighted by molar-refractivity contribution is 7.99. The Labute approximate surface area is 163 Å². The average Bonchev–Trinajstić information content (AvgIpc) is 3.24. The lowest BCUT2D eigenvalue weighted by Crippen LogP contribution is -2.42. The Morgan fingerprint density at radius 3 is 2.78 bits per heavy atom. The molecule has 3 rings (SSSR count). The van der Waals surface area contributed by atoms with E-state index in [1.807, 2.05) is 37.3 Å². The Balaban J connectivity index is 1.62. The molecule has 1 aromatic heterocycles. The van der Waals surface area contributed by atoms with Gasteiger partial charge in [-0.25, -0.2) is 13.1 Å². The van der Waals surface area contributed by atoms with Crippen molar-refractivity contribution in [2.75, 3.05) is 23.8 Å². The van der Waals surface area contributed by atoms with Gasteiger partial charge in [-0.2, -0.15) is 0 Å². The van der Waals surface area contributed by atoms with Crippen molar-refractivity contribution in [1.82, 2.24) is 25.1 Å². The fraction of sp³-hybridized carbons (Fsp3) is 0.529. The molecule has 2 heterocycles. The minimum atomic E-state index is -3.03. The molecule has 0 spiro atoms. The summed E-state index contributed by atoms with van der Waals surface area (Å²) in [6, 6.07) is 9.62. The first-order valence-corrected chi connectivity index (χ1v) is 11.7. The van der Waals surface area contributed by atoms with Crippen LogP contribution in [0.2, 0.25) is 0 Å². The molecule has 146 valence electrons. The predicted molar refractivity (Wildman–Crippen MR) is 103 cm³/mol. The molecule has 1 aliphatic heterocycles. The molecule has 1 amide bonds. The minimum absolute atomic E-state index is 0.0646. The molecular formula is C17H23N5O3S2. The van der Waals surface area contributed by atoms with E-state index in [0.717, 1.165) is 12.0 Å². The van der Waals surface area contributed by atoms with Crippen molar-refractivity contribution in [1.29, 1.82) is 0 Å². The standard InChI is InChI=1S/C17H23N5O3S2/c1-2-9-21(15-8-10-27(24,25)13-15)16(23)12-26-17-18-19-20-22(17)11-14-6-4-3-5-7-14/h3-7,15H,2,8-13H2,1H3/t15-/m1/s1. The van der Waals surface area contributed by atoms with Gasteiger partial charge in [-0.15, -0.1) is 5.10 Å². The molecule has 27 heavy (non-hydrogen) atoms. The molecule has 0 saturated carbocycles. The van der Waals surface area contributed by atoms with E-state index >= 15 is 0 Å². The molecule has 10 heteroatoms. The van der Waals surface area contributed by atoms with Crippen LogP contribution in [-0.4, -0.2) is 69.3 Å². The zero-order chi connectivity index (χ0) is 19.3. The number of hydrogen-bond donors (Lipinski definition) is 0. The number of nitrogens with zero attached hydrogens (tertiary/aromatic N) is 5. The van der Waals surface area contributed by atoms with Crippen LogP contribution in [-0.2, 0) is 21.2 Å². The van der Waals surface area contributed by atoms with Crippen molar-refractivity contribution in [3.05, 3.63) is 35.9 Å². The van der Waals surface area contributed by atoms with Gasteiger partial charge in [-0.05, 0) is 28.8 Å². The number of carbonyl (C=O) groups is 1. The Hall–Kier alpha value is -1.94. The first-order chi connectivity index (χ1) is 13.0. The molecular weight excluding hydrogens is 386 g/mol. The van der Waals surface area contributed by atoms with Gasteiger partial charge in [-0.1, -0.05) is 49.0 Å². The first kappa shape index (κ1) is 19.8. The fourth-order valence-corrected chi connectivity index (χ4v) is 5.63. The maximum Gasteiger partial charge on any atom is 0.233 e. The summed E-state index contributed by atoms with van der Waals surface area (Å²) < 4.78 is 25.2. The summed E-state index contributed by atoms with van der Waals surface area (Å²) in [5.41, 5.74) is 1.07. The molecule has 1 fully saturated rings. The van der Waals surface area contributed by atoms with E-state index < -0.39 is 9.84 Å². The number of benzene rings is 1. The Morgan fingerprint density at radius 1 is 1.33 bits per heavy atom. The number of hydrogen-bond acceptors (Lipinski definition) is 7. The lowest BCUT2D eigenvalue weighted by Gasteiger charge is -2.27. The monoisotopic (exact) mass is 409 g/mol. The smallest absolute Gasteiger partial charge is 0.233 e. The Morgan fingerprint density at radius 2 is 2.11 bits per heavy atom. The van der Waals surface area contributed by atoms with E-state index in [2.05, 4.69) is 15.5 Å². The highest BCUT2D eigenvalue weighted by atomic mass is 32.2. The van der Waals surface area contributed by atoms with Crippen molar-refractivity contribution in [3.8, 4) is 0 Å². The van der Waals surface area contributed by atoms with Gasteiger partial charge < -0.3 is 4.90 Å². The van der Waals surface area contributed by atoms with Gasteiger partial charge >= 0.3 is 0 Å². The maximum atomic E-state index is 12.7. The topological polar surface area (TPSA) is 98.1 Å². The number of sulfone groups is 1. The van der Waals surface area contributed by atoms with Crippen molar-refractivity contribution >= 4 is 27.5 Å². The molecule has 0 unspecified atom stereocenters. The van der Waals surface area contributed by atoms with Gasteiger partial charge in [0.1, 0.15) is 0 Å². The number of aromatic nitrogens is 4. The van der Waals surface area contributed by atoms with Gasteiger partial charge in [0.2, 0.25) is 11.1 Å². The second-order valence-corrected chi connectivity index (χ2v) is 9.71. The molecule has 0 bridgehead atoms. The molecule has 1 aromatic carbocycles. The lowest BCUT2D eigenvalue weighted by atomic mass is 10.2. The summed E-state index contributed by atoms with van der Waals surface area (Å²) in [5, 5.41) is 12.3. The second kappa shape index (κ2) is 8.83. The minimum Gasteiger partial charge on any atom is -0.338 e. The summed E-state index contributed by atoms with van der Waals surface area (Å²) in [6.07, 6.45) is 1.31. The summed E-state index contributed by atoms with van der Waals surface area (Å²) in [4.78, 5) is 14.4. The fourth-order valence-electron chi connectivity index (χ4n) is 3.14. The van der Waals surface area contributed by atoms with Crippen molar-refractivity contribution < 1.29 is 13.2 Å². The predicted octanol–water partition coefficient (Wildman–Crippen LogP) is 1.24. The summed E-state index contributed by atoms with van der Waals surface area (Å²) in [5.74, 6) is 0.340. The quantitative estimate of drug-likeness (QED) is 0.605. The number of tetrazole rings is 1. The third-order valence-electron chi connectivity index (χ3n) is 4.43. The van der Waals surface area contributed by atoms with Crippen molar-refractivity contribution in [2.45, 2.75) is 37.5 Å². The summed E-state index contributed by atoms with van der Waals surface area (Å²) in [7, 11) is -3.03. The molecule has 0 N–H and O–H groups in total. The van der Waals surface area contributed by atoms with E-state index in [4.69, 9.17) is 0 Å². The zero-order valence-corrected chi connectivity index (χ0v) is 16.8. The van der Waals surface area contributed by atoms with Crippen LogP contribution in [0.5, 0.6) is 0 Å². The van der Waals surface area contributed by atoms with E-state index in [9.17, 15) is 13.2 Å². The summed E-state index contributed by atoms with van der Waals surface area (Å²) in [6.45, 7) is 3.08. The number of amides is 1. The number of thioether (sulfide) groups is 1. The van der Waals surface area contributed by atoms with Crippen LogP contribution in [0.25, 0.3) is 0 Å². The van der Waals surface area contributed by atoms with Crippen molar-refractivity contribution in [3.63, 3.8) is 0 Å². The summed E-state index contributed by atoms with van der Waals surface area (Å²) >= 11 is 1.28. The van der Waals surface area contributed by atoms with Gasteiger partial charge in [0, 0.05) is 12.6 Å². The highest BCUT2D eigenvalue weighted by Crippen LogP contribution is 2.21. The molecule has 1 saturated heterocycles. The van der Waals surface area contributed by atoms with E-state index in [1.165, 1.54) is 11.8 Å². The molecule has 2 aromatic rings. The SMILES string of the molecule is CCCN(C(=O)CSc1nnnn1Cc1ccccc1)[C@@H]1CCS(=O)(=O)C1. The van der Waals surface area contributed by atoms with Crippen LogP contribution < -0.4 is 0 Å². The van der Waals surface area contributed by atoms with Crippen LogP contribution in [0.15, 0.2) is 35.5 Å².